The van der Waals surface area contributed by atoms with Crippen molar-refractivity contribution in [2.75, 3.05) is 13.2 Å². The van der Waals surface area contributed by atoms with E-state index >= 15 is 0 Å². The highest BCUT2D eigenvalue weighted by Gasteiger charge is 2.33. The molecule has 0 bridgehead atoms. The Hall–Kier alpha value is -3.52. The predicted molar refractivity (Wildman–Crippen MR) is 135 cm³/mol. The van der Waals surface area contributed by atoms with Gasteiger partial charge in [0.2, 0.25) is 0 Å². The third-order valence-corrected chi connectivity index (χ3v) is 5.17. The summed E-state index contributed by atoms with van der Waals surface area (Å²) in [5, 5.41) is 10.0. The molecule has 2 aromatic rings. The van der Waals surface area contributed by atoms with Crippen LogP contribution in [0, 0.1) is 0 Å². The largest absolute Gasteiger partial charge is 0.480 e. The number of hydrogen-bond donors (Lipinski definition) is 1. The van der Waals surface area contributed by atoms with Crippen LogP contribution >= 0.6 is 0 Å². The molecule has 0 unspecified atom stereocenters. The van der Waals surface area contributed by atoms with E-state index in [1.807, 2.05) is 30.3 Å². The highest BCUT2D eigenvalue weighted by Crippen LogP contribution is 2.19. The van der Waals surface area contributed by atoms with Crippen LogP contribution < -0.4 is 0 Å². The van der Waals surface area contributed by atoms with Crippen molar-refractivity contribution in [3.63, 3.8) is 0 Å². The van der Waals surface area contributed by atoms with Crippen molar-refractivity contribution in [2.24, 2.45) is 0 Å². The quantitative estimate of drug-likeness (QED) is 0.413. The van der Waals surface area contributed by atoms with E-state index in [9.17, 15) is 24.3 Å². The van der Waals surface area contributed by atoms with Gasteiger partial charge in [-0.25, -0.2) is 9.59 Å². The van der Waals surface area contributed by atoms with Gasteiger partial charge < -0.3 is 14.6 Å². The fourth-order valence-corrected chi connectivity index (χ4v) is 3.60. The van der Waals surface area contributed by atoms with Gasteiger partial charge in [0.05, 0.1) is 6.42 Å². The minimum absolute atomic E-state index is 0.0238. The van der Waals surface area contributed by atoms with Gasteiger partial charge in [0, 0.05) is 26.0 Å². The van der Waals surface area contributed by atoms with Gasteiger partial charge >= 0.3 is 12.1 Å². The molecule has 1 atom stereocenters. The molecule has 2 aromatic carbocycles. The van der Waals surface area contributed by atoms with E-state index in [1.54, 1.807) is 52.0 Å². The Balaban J connectivity index is 2.24. The first-order valence-electron chi connectivity index (χ1n) is 11.9. The van der Waals surface area contributed by atoms with Crippen LogP contribution in [0.25, 0.3) is 0 Å². The molecule has 8 nitrogen and oxygen atoms in total. The molecule has 0 saturated heterocycles. The summed E-state index contributed by atoms with van der Waals surface area (Å²) in [5.74, 6) is -1.67. The van der Waals surface area contributed by atoms with Gasteiger partial charge in [0.25, 0.3) is 0 Å². The van der Waals surface area contributed by atoms with Crippen LogP contribution in [0.2, 0.25) is 0 Å². The second kappa shape index (κ2) is 13.5. The summed E-state index contributed by atoms with van der Waals surface area (Å²) in [7, 11) is 0. The van der Waals surface area contributed by atoms with Crippen molar-refractivity contribution in [3.8, 4) is 0 Å². The third kappa shape index (κ3) is 10.00. The predicted octanol–water partition coefficient (Wildman–Crippen LogP) is 4.23. The molecule has 0 fully saturated rings. The van der Waals surface area contributed by atoms with Crippen molar-refractivity contribution in [2.45, 2.75) is 65.1 Å². The van der Waals surface area contributed by atoms with Gasteiger partial charge in [-0.2, -0.15) is 0 Å². The molecule has 0 aromatic heterocycles. The lowest BCUT2D eigenvalue weighted by atomic mass is 10.0. The highest BCUT2D eigenvalue weighted by molar-refractivity contribution is 6.00. The van der Waals surface area contributed by atoms with Gasteiger partial charge in [-0.1, -0.05) is 54.6 Å². The zero-order valence-corrected chi connectivity index (χ0v) is 21.4. The molecule has 36 heavy (non-hydrogen) atoms. The average molecular weight is 498 g/mol. The Kier molecular flexibility index (Phi) is 10.8. The zero-order chi connectivity index (χ0) is 26.7. The Morgan fingerprint density at radius 3 is 2.17 bits per heavy atom. The second-order valence-electron chi connectivity index (χ2n) is 9.54. The third-order valence-electron chi connectivity index (χ3n) is 5.17. The van der Waals surface area contributed by atoms with Crippen molar-refractivity contribution in [3.05, 3.63) is 71.3 Å². The summed E-state index contributed by atoms with van der Waals surface area (Å²) < 4.78 is 10.6. The van der Waals surface area contributed by atoms with Crippen LogP contribution in [0.15, 0.2) is 54.6 Å². The smallest absolute Gasteiger partial charge is 0.411 e. The van der Waals surface area contributed by atoms with Gasteiger partial charge in [-0.05, 0) is 44.4 Å². The maximum absolute atomic E-state index is 13.1. The number of carbonyl (C=O) groups excluding carboxylic acids is 3. The Labute approximate surface area is 212 Å². The van der Waals surface area contributed by atoms with Crippen molar-refractivity contribution >= 4 is 23.6 Å². The molecule has 0 aliphatic heterocycles. The van der Waals surface area contributed by atoms with Crippen molar-refractivity contribution in [1.82, 2.24) is 4.90 Å². The summed E-state index contributed by atoms with van der Waals surface area (Å²) in [6.07, 6.45) is -0.805. The van der Waals surface area contributed by atoms with Crippen molar-refractivity contribution in [1.29, 1.82) is 0 Å². The first-order chi connectivity index (χ1) is 17.0. The highest BCUT2D eigenvalue weighted by atomic mass is 16.6. The summed E-state index contributed by atoms with van der Waals surface area (Å²) in [6, 6.07) is 14.9. The summed E-state index contributed by atoms with van der Waals surface area (Å²) in [6.45, 7) is 7.21. The molecule has 0 radical (unpaired) electrons. The van der Waals surface area contributed by atoms with Crippen LogP contribution in [-0.4, -0.2) is 58.5 Å². The number of carboxylic acid groups (broad SMARTS) is 1. The number of Topliss-reactive ketones (excluding diaryl/α,β-unsaturated/α-hetero) is 2. The molecular formula is C28H35NO7. The first-order valence-corrected chi connectivity index (χ1v) is 11.9. The number of ether oxygens (including phenoxy) is 2. The number of hydrogen-bond acceptors (Lipinski definition) is 6. The van der Waals surface area contributed by atoms with E-state index in [4.69, 9.17) is 9.47 Å². The van der Waals surface area contributed by atoms with Crippen LogP contribution in [0.4, 0.5) is 4.79 Å². The molecule has 0 saturated carbocycles. The Morgan fingerprint density at radius 1 is 0.917 bits per heavy atom. The number of benzene rings is 2. The summed E-state index contributed by atoms with van der Waals surface area (Å²) >= 11 is 0. The fraction of sp³-hybridized carbons (Fsp3) is 0.429. The van der Waals surface area contributed by atoms with E-state index in [-0.39, 0.29) is 44.0 Å². The monoisotopic (exact) mass is 497 g/mol. The Bertz CT molecular complexity index is 1040. The molecular weight excluding hydrogens is 462 g/mol. The Morgan fingerprint density at radius 2 is 1.56 bits per heavy atom. The maximum Gasteiger partial charge on any atom is 0.411 e. The van der Waals surface area contributed by atoms with Crippen molar-refractivity contribution < 1.29 is 33.8 Å². The van der Waals surface area contributed by atoms with Gasteiger partial charge in [-0.15, -0.1) is 0 Å². The number of amides is 1. The molecule has 1 N–H and O–H groups in total. The minimum Gasteiger partial charge on any atom is -0.480 e. The van der Waals surface area contributed by atoms with Gasteiger partial charge in [0.1, 0.15) is 24.0 Å². The summed E-state index contributed by atoms with van der Waals surface area (Å²) in [4.78, 5) is 50.7. The summed E-state index contributed by atoms with van der Waals surface area (Å²) in [5.41, 5.74) is 1.27. The average Bonchev–Trinajstić information content (AvgIpc) is 2.79. The maximum atomic E-state index is 13.1. The van der Waals surface area contributed by atoms with E-state index < -0.39 is 23.7 Å². The van der Waals surface area contributed by atoms with Crippen LogP contribution in [0.1, 0.15) is 50.8 Å². The van der Waals surface area contributed by atoms with Crippen LogP contribution in [0.3, 0.4) is 0 Å². The number of carboxylic acids is 1. The topological polar surface area (TPSA) is 110 Å². The lowest BCUT2D eigenvalue weighted by Gasteiger charge is -2.31. The first kappa shape index (κ1) is 28.7. The zero-order valence-electron chi connectivity index (χ0n) is 21.4. The molecule has 0 spiro atoms. The SMILES string of the molecule is CCOCC(=O)CC(=O)Cc1cccc(CN(C(=O)OC(C)(C)C)[C@@H](Cc2ccccc2)C(=O)O)c1. The number of ketones is 2. The van der Waals surface area contributed by atoms with E-state index in [2.05, 4.69) is 0 Å². The number of carbonyl (C=O) groups is 4. The number of aliphatic carboxylic acids is 1. The molecule has 2 rings (SSSR count). The molecule has 194 valence electrons. The lowest BCUT2D eigenvalue weighted by Crippen LogP contribution is -2.47. The lowest BCUT2D eigenvalue weighted by molar-refractivity contribution is -0.143. The molecule has 8 heteroatoms. The number of rotatable bonds is 13. The number of nitrogens with zero attached hydrogens (tertiary/aromatic N) is 1. The normalized spacial score (nSPS) is 12.0. The minimum atomic E-state index is -1.16. The van der Waals surface area contributed by atoms with Gasteiger partial charge in [-0.3, -0.25) is 14.5 Å². The molecule has 0 aliphatic carbocycles. The second-order valence-corrected chi connectivity index (χ2v) is 9.54. The fourth-order valence-electron chi connectivity index (χ4n) is 3.60. The van der Waals surface area contributed by atoms with E-state index in [1.165, 1.54) is 4.90 Å². The van der Waals surface area contributed by atoms with E-state index in [0.29, 0.717) is 17.7 Å². The van der Waals surface area contributed by atoms with E-state index in [0.717, 1.165) is 5.56 Å². The van der Waals surface area contributed by atoms with Crippen LogP contribution in [-0.2, 0) is 43.2 Å². The molecule has 0 heterocycles. The molecule has 0 aliphatic rings. The van der Waals surface area contributed by atoms with Crippen LogP contribution in [0.5, 0.6) is 0 Å². The van der Waals surface area contributed by atoms with Gasteiger partial charge in [0.15, 0.2) is 5.78 Å². The standard InChI is InChI=1S/C28H35NO7/c1-5-35-19-24(31)17-23(30)15-21-12-9-13-22(14-21)18-29(27(34)36-28(2,3)4)25(26(32)33)16-20-10-7-6-8-11-20/h6-14,25H,5,15-19H2,1-4H3,(H,32,33)/t25-/m0/s1. The molecule has 1 amide bonds.